The van der Waals surface area contributed by atoms with Gasteiger partial charge < -0.3 is 24.0 Å². The quantitative estimate of drug-likeness (QED) is 0.187. The van der Waals surface area contributed by atoms with E-state index in [2.05, 4.69) is 15.6 Å². The number of aryl methyl sites for hydroxylation is 2. The number of ether oxygens (including phenoxy) is 1. The summed E-state index contributed by atoms with van der Waals surface area (Å²) in [5, 5.41) is 7.83. The van der Waals surface area contributed by atoms with Gasteiger partial charge in [-0.05, 0) is 80.5 Å². The Labute approximate surface area is 281 Å². The van der Waals surface area contributed by atoms with Gasteiger partial charge in [0.15, 0.2) is 0 Å². The van der Waals surface area contributed by atoms with E-state index in [1.165, 1.54) is 56.2 Å². The van der Waals surface area contributed by atoms with Crippen molar-refractivity contribution in [1.82, 2.24) is 20.5 Å². The molecule has 10 nitrogen and oxygen atoms in total. The number of carbonyl (C=O) groups is 1. The van der Waals surface area contributed by atoms with Crippen molar-refractivity contribution in [2.24, 2.45) is 0 Å². The Bertz CT molecular complexity index is 1910. The Morgan fingerprint density at radius 3 is 1.78 bits per heavy atom. The lowest BCUT2D eigenvalue weighted by molar-refractivity contribution is -0.138. The van der Waals surface area contributed by atoms with Gasteiger partial charge in [-0.1, -0.05) is 24.3 Å². The maximum atomic E-state index is 13.0. The third-order valence-electron chi connectivity index (χ3n) is 9.20. The molecule has 2 aromatic carbocycles. The third kappa shape index (κ3) is 8.34. The number of piperidine rings is 2. The van der Waals surface area contributed by atoms with E-state index in [0.717, 1.165) is 24.1 Å². The standard InChI is InChI=1S/C18H19F3N2O4.C16H17F3N2O2/c1-10-7-11(3-4-13(10)18(19,20)21)14-8-12(15-9-16(24)22-27-15)5-6-23(14)17(25)26-2;1-9-6-10(2-3-12(9)16(17,18)19)13-7-11(4-5-20-13)14-8-15(22)21-23-14/h3-4,7,9,12,14H,5-6,8H2,1-2H3,(H,22,24);2-3,6,8,11,13,20H,4-5,7H2,1H3,(H,21,22)/t12-,14+;11-,13+/m00/s1. The van der Waals surface area contributed by atoms with Crippen molar-refractivity contribution in [3.8, 4) is 0 Å². The maximum Gasteiger partial charge on any atom is 0.416 e. The van der Waals surface area contributed by atoms with E-state index in [-0.39, 0.29) is 40.1 Å². The van der Waals surface area contributed by atoms with Crippen LogP contribution in [0.4, 0.5) is 31.1 Å². The minimum Gasteiger partial charge on any atom is -0.453 e. The normalized spacial score (nSPS) is 21.3. The molecule has 3 N–H and O–H groups in total. The SMILES string of the molecule is COC(=O)N1CC[C@H](c2cc(=O)[nH]o2)C[C@@H]1c1ccc(C(F)(F)F)c(C)c1.Cc1cc([C@H]2C[C@@H](c3cc(=O)[nH]o3)CCN2)ccc1C(F)(F)F. The average Bonchev–Trinajstić information content (AvgIpc) is 3.71. The summed E-state index contributed by atoms with van der Waals surface area (Å²) in [6.45, 7) is 3.90. The van der Waals surface area contributed by atoms with E-state index in [0.29, 0.717) is 49.4 Å². The summed E-state index contributed by atoms with van der Waals surface area (Å²) in [7, 11) is 1.26. The van der Waals surface area contributed by atoms with Crippen LogP contribution in [0.3, 0.4) is 0 Å². The number of H-pyrrole nitrogens is 2. The van der Waals surface area contributed by atoms with Gasteiger partial charge in [-0.2, -0.15) is 36.7 Å². The summed E-state index contributed by atoms with van der Waals surface area (Å²) in [5.74, 6) is 1.00. The number of carbonyl (C=O) groups excluding carboxylic acids is 1. The van der Waals surface area contributed by atoms with Crippen LogP contribution < -0.4 is 16.4 Å². The molecule has 4 heterocycles. The molecular weight excluding hydrogens is 674 g/mol. The van der Waals surface area contributed by atoms with Crippen molar-refractivity contribution in [1.29, 1.82) is 0 Å². The van der Waals surface area contributed by atoms with E-state index >= 15 is 0 Å². The molecule has 4 aromatic rings. The molecule has 0 unspecified atom stereocenters. The fraction of sp³-hybridized carbons (Fsp3) is 0.441. The lowest BCUT2D eigenvalue weighted by atomic mass is 9.85. The number of likely N-dealkylation sites (tertiary alicyclic amines) is 1. The van der Waals surface area contributed by atoms with Gasteiger partial charge in [0.1, 0.15) is 11.5 Å². The van der Waals surface area contributed by atoms with Gasteiger partial charge in [-0.25, -0.2) is 4.79 Å². The van der Waals surface area contributed by atoms with Crippen LogP contribution >= 0.6 is 0 Å². The fourth-order valence-corrected chi connectivity index (χ4v) is 6.74. The molecule has 2 fully saturated rings. The number of hydrogen-bond donors (Lipinski definition) is 3. The van der Waals surface area contributed by atoms with Crippen LogP contribution in [0.25, 0.3) is 0 Å². The molecule has 2 aliphatic rings. The third-order valence-corrected chi connectivity index (χ3v) is 9.20. The Morgan fingerprint density at radius 2 is 1.30 bits per heavy atom. The molecular formula is C34H36F6N4O6. The number of halogens is 6. The second-order valence-corrected chi connectivity index (χ2v) is 12.5. The van der Waals surface area contributed by atoms with Crippen LogP contribution in [0.1, 0.15) is 94.5 Å². The summed E-state index contributed by atoms with van der Waals surface area (Å²) in [6.07, 6.45) is -6.88. The lowest BCUT2D eigenvalue weighted by Gasteiger charge is -2.38. The number of nitrogens with one attached hydrogen (secondary N) is 3. The second-order valence-electron chi connectivity index (χ2n) is 12.5. The number of methoxy groups -OCH3 is 1. The highest BCUT2D eigenvalue weighted by atomic mass is 19.4. The molecule has 0 spiro atoms. The number of benzene rings is 2. The van der Waals surface area contributed by atoms with Gasteiger partial charge in [0.05, 0.1) is 24.3 Å². The van der Waals surface area contributed by atoms with Crippen LogP contribution in [0.2, 0.25) is 0 Å². The Kier molecular flexibility index (Phi) is 10.7. The summed E-state index contributed by atoms with van der Waals surface area (Å²) in [5.41, 5.74) is -0.258. The van der Waals surface area contributed by atoms with E-state index in [9.17, 15) is 40.7 Å². The zero-order valence-corrected chi connectivity index (χ0v) is 27.3. The van der Waals surface area contributed by atoms with Crippen molar-refractivity contribution in [3.63, 3.8) is 0 Å². The topological polar surface area (TPSA) is 134 Å². The second kappa shape index (κ2) is 14.6. The molecule has 2 saturated heterocycles. The first-order chi connectivity index (χ1) is 23.5. The zero-order valence-electron chi connectivity index (χ0n) is 27.3. The first-order valence-electron chi connectivity index (χ1n) is 15.9. The molecule has 1 amide bonds. The number of nitrogens with zero attached hydrogens (tertiary/aromatic N) is 1. The Hall–Kier alpha value is -4.73. The Balaban J connectivity index is 0.000000197. The molecule has 270 valence electrons. The van der Waals surface area contributed by atoms with Gasteiger partial charge in [-0.15, -0.1) is 0 Å². The maximum absolute atomic E-state index is 13.0. The predicted molar refractivity (Wildman–Crippen MR) is 168 cm³/mol. The molecule has 0 saturated carbocycles. The van der Waals surface area contributed by atoms with Crippen LogP contribution in [-0.2, 0) is 17.1 Å². The summed E-state index contributed by atoms with van der Waals surface area (Å²) < 4.78 is 92.8. The van der Waals surface area contributed by atoms with E-state index < -0.39 is 35.6 Å². The summed E-state index contributed by atoms with van der Waals surface area (Å²) >= 11 is 0. The number of amides is 1. The van der Waals surface area contributed by atoms with E-state index in [1.54, 1.807) is 6.07 Å². The minimum absolute atomic E-state index is 0.0602. The lowest BCUT2D eigenvalue weighted by Crippen LogP contribution is -2.40. The predicted octanol–water partition coefficient (Wildman–Crippen LogP) is 7.49. The number of rotatable bonds is 4. The number of aromatic amines is 2. The minimum atomic E-state index is -4.44. The van der Waals surface area contributed by atoms with Crippen LogP contribution in [0, 0.1) is 13.8 Å². The van der Waals surface area contributed by atoms with Crippen molar-refractivity contribution in [2.75, 3.05) is 20.2 Å². The van der Waals surface area contributed by atoms with Gasteiger partial charge >= 0.3 is 18.4 Å². The highest BCUT2D eigenvalue weighted by Gasteiger charge is 2.38. The Morgan fingerprint density at radius 1 is 0.780 bits per heavy atom. The summed E-state index contributed by atoms with van der Waals surface area (Å²) in [6, 6.07) is 10.3. The average molecular weight is 711 g/mol. The van der Waals surface area contributed by atoms with Gasteiger partial charge in [0.25, 0.3) is 11.1 Å². The number of alkyl halides is 6. The van der Waals surface area contributed by atoms with E-state index in [1.807, 2.05) is 0 Å². The molecule has 50 heavy (non-hydrogen) atoms. The molecule has 0 radical (unpaired) electrons. The molecule has 0 aliphatic carbocycles. The van der Waals surface area contributed by atoms with Gasteiger partial charge in [-0.3, -0.25) is 9.59 Å². The number of hydrogen-bond acceptors (Lipinski definition) is 7. The summed E-state index contributed by atoms with van der Waals surface area (Å²) in [4.78, 5) is 36.2. The smallest absolute Gasteiger partial charge is 0.416 e. The molecule has 2 aromatic heterocycles. The van der Waals surface area contributed by atoms with Crippen molar-refractivity contribution >= 4 is 6.09 Å². The fourth-order valence-electron chi connectivity index (χ4n) is 6.74. The van der Waals surface area contributed by atoms with Gasteiger partial charge in [0.2, 0.25) is 0 Å². The van der Waals surface area contributed by atoms with Crippen LogP contribution in [0.5, 0.6) is 0 Å². The van der Waals surface area contributed by atoms with Crippen LogP contribution in [-0.4, -0.2) is 41.5 Å². The number of aromatic nitrogens is 2. The zero-order chi connectivity index (χ0) is 36.4. The largest absolute Gasteiger partial charge is 0.453 e. The van der Waals surface area contributed by atoms with Crippen molar-refractivity contribution in [2.45, 2.75) is 75.8 Å². The molecule has 16 heteroatoms. The first kappa shape index (κ1) is 36.5. The van der Waals surface area contributed by atoms with Gasteiger partial charge in [0, 0.05) is 36.6 Å². The molecule has 4 atom stereocenters. The van der Waals surface area contributed by atoms with Crippen LogP contribution in [0.15, 0.2) is 67.2 Å². The van der Waals surface area contributed by atoms with Crippen molar-refractivity contribution < 1.29 is 44.9 Å². The van der Waals surface area contributed by atoms with E-state index in [4.69, 9.17) is 13.8 Å². The van der Waals surface area contributed by atoms with Crippen molar-refractivity contribution in [3.05, 3.63) is 114 Å². The molecule has 0 bridgehead atoms. The monoisotopic (exact) mass is 710 g/mol. The highest BCUT2D eigenvalue weighted by Crippen LogP contribution is 2.41. The molecule has 6 rings (SSSR count). The highest BCUT2D eigenvalue weighted by molar-refractivity contribution is 5.68. The first-order valence-corrected chi connectivity index (χ1v) is 15.9. The molecule has 2 aliphatic heterocycles.